The van der Waals surface area contributed by atoms with E-state index in [1.807, 2.05) is 48.5 Å². The number of hydrogen-bond acceptors (Lipinski definition) is 6. The van der Waals surface area contributed by atoms with E-state index in [4.69, 9.17) is 9.47 Å². The molecule has 0 bridgehead atoms. The van der Waals surface area contributed by atoms with E-state index in [1.165, 1.54) is 10.9 Å². The average Bonchev–Trinajstić information content (AvgIpc) is 3.19. The van der Waals surface area contributed by atoms with Gasteiger partial charge in [0.25, 0.3) is 5.91 Å². The van der Waals surface area contributed by atoms with Crippen LogP contribution in [0.4, 0.5) is 5.82 Å². The van der Waals surface area contributed by atoms with Crippen LogP contribution in [0.2, 0.25) is 0 Å². The molecular weight excluding hydrogens is 384 g/mol. The van der Waals surface area contributed by atoms with Crippen LogP contribution in [-0.2, 0) is 20.7 Å². The number of carbonyl (C=O) groups excluding carboxylic acids is 2. The van der Waals surface area contributed by atoms with Crippen LogP contribution in [0.15, 0.2) is 60.8 Å². The van der Waals surface area contributed by atoms with Crippen molar-refractivity contribution in [2.75, 3.05) is 19.0 Å². The number of amides is 1. The van der Waals surface area contributed by atoms with Crippen LogP contribution < -0.4 is 10.1 Å². The molecule has 3 aromatic rings. The van der Waals surface area contributed by atoms with Crippen LogP contribution in [0, 0.1) is 11.3 Å². The van der Waals surface area contributed by atoms with Crippen LogP contribution in [-0.4, -0.2) is 35.4 Å². The van der Waals surface area contributed by atoms with Gasteiger partial charge in [0.15, 0.2) is 12.4 Å². The first-order valence-corrected chi connectivity index (χ1v) is 9.22. The highest BCUT2D eigenvalue weighted by atomic mass is 16.5. The fourth-order valence-electron chi connectivity index (χ4n) is 2.74. The normalized spacial score (nSPS) is 10.1. The number of rotatable bonds is 8. The Morgan fingerprint density at radius 2 is 1.87 bits per heavy atom. The van der Waals surface area contributed by atoms with Gasteiger partial charge in [-0.15, -0.1) is 0 Å². The summed E-state index contributed by atoms with van der Waals surface area (Å²) in [7, 11) is 1.59. The summed E-state index contributed by atoms with van der Waals surface area (Å²) in [5.41, 5.74) is 1.85. The SMILES string of the molecule is COc1ccc(CCC(=O)OCC(=O)Nc2c(C#N)cnn2-c2ccccc2)cc1. The van der Waals surface area contributed by atoms with E-state index >= 15 is 0 Å². The van der Waals surface area contributed by atoms with Crippen LogP contribution in [0.5, 0.6) is 5.75 Å². The molecule has 0 radical (unpaired) electrons. The van der Waals surface area contributed by atoms with E-state index in [0.29, 0.717) is 12.1 Å². The molecule has 8 heteroatoms. The highest BCUT2D eigenvalue weighted by molar-refractivity contribution is 5.93. The maximum atomic E-state index is 12.3. The number of nitriles is 1. The minimum atomic E-state index is -0.554. The summed E-state index contributed by atoms with van der Waals surface area (Å²) in [5.74, 6) is -0.0764. The predicted octanol–water partition coefficient (Wildman–Crippen LogP) is 2.87. The highest BCUT2D eigenvalue weighted by Gasteiger charge is 2.16. The third-order valence-corrected chi connectivity index (χ3v) is 4.29. The average molecular weight is 404 g/mol. The summed E-state index contributed by atoms with van der Waals surface area (Å²) in [4.78, 5) is 24.2. The number of carbonyl (C=O) groups is 2. The third-order valence-electron chi connectivity index (χ3n) is 4.29. The fraction of sp³-hybridized carbons (Fsp3) is 0.182. The summed E-state index contributed by atoms with van der Waals surface area (Å²) in [6.07, 6.45) is 2.00. The monoisotopic (exact) mass is 404 g/mol. The van der Waals surface area contributed by atoms with Crippen molar-refractivity contribution in [3.63, 3.8) is 0 Å². The summed E-state index contributed by atoms with van der Waals surface area (Å²) in [6, 6.07) is 18.4. The van der Waals surface area contributed by atoms with E-state index in [0.717, 1.165) is 11.3 Å². The maximum Gasteiger partial charge on any atom is 0.306 e. The second-order valence-electron chi connectivity index (χ2n) is 6.32. The first kappa shape index (κ1) is 20.6. The third kappa shape index (κ3) is 5.23. The van der Waals surface area contributed by atoms with Crippen molar-refractivity contribution < 1.29 is 19.1 Å². The molecule has 3 rings (SSSR count). The summed E-state index contributed by atoms with van der Waals surface area (Å²) < 4.78 is 11.6. The Morgan fingerprint density at radius 1 is 1.13 bits per heavy atom. The largest absolute Gasteiger partial charge is 0.497 e. The van der Waals surface area contributed by atoms with Crippen molar-refractivity contribution >= 4 is 17.7 Å². The number of hydrogen-bond donors (Lipinski definition) is 1. The molecule has 0 saturated heterocycles. The van der Waals surface area contributed by atoms with E-state index < -0.39 is 18.5 Å². The molecule has 1 heterocycles. The lowest BCUT2D eigenvalue weighted by atomic mass is 10.1. The van der Waals surface area contributed by atoms with Crippen molar-refractivity contribution in [1.29, 1.82) is 5.26 Å². The van der Waals surface area contributed by atoms with Gasteiger partial charge in [-0.1, -0.05) is 30.3 Å². The molecule has 0 unspecified atom stereocenters. The first-order chi connectivity index (χ1) is 14.6. The number of aromatic nitrogens is 2. The minimum Gasteiger partial charge on any atom is -0.497 e. The molecule has 0 aliphatic rings. The molecule has 152 valence electrons. The molecule has 30 heavy (non-hydrogen) atoms. The molecule has 8 nitrogen and oxygen atoms in total. The van der Waals surface area contributed by atoms with Crippen molar-refractivity contribution in [3.8, 4) is 17.5 Å². The zero-order valence-electron chi connectivity index (χ0n) is 16.4. The summed E-state index contributed by atoms with van der Waals surface area (Å²) in [6.45, 7) is -0.452. The number of nitrogens with one attached hydrogen (secondary N) is 1. The molecule has 1 amide bonds. The second-order valence-corrected chi connectivity index (χ2v) is 6.32. The van der Waals surface area contributed by atoms with E-state index in [2.05, 4.69) is 10.4 Å². The molecule has 1 N–H and O–H groups in total. The predicted molar refractivity (Wildman–Crippen MR) is 109 cm³/mol. The zero-order valence-corrected chi connectivity index (χ0v) is 16.4. The first-order valence-electron chi connectivity index (χ1n) is 9.22. The number of anilines is 1. The van der Waals surface area contributed by atoms with Gasteiger partial charge in [0, 0.05) is 6.42 Å². The molecular formula is C22H20N4O4. The quantitative estimate of drug-likeness (QED) is 0.579. The Morgan fingerprint density at radius 3 is 2.53 bits per heavy atom. The fourth-order valence-corrected chi connectivity index (χ4v) is 2.74. The Labute approximate surface area is 173 Å². The van der Waals surface area contributed by atoms with Crippen LogP contribution in [0.1, 0.15) is 17.5 Å². The number of para-hydroxylation sites is 1. The van der Waals surface area contributed by atoms with Gasteiger partial charge in [0.2, 0.25) is 0 Å². The van der Waals surface area contributed by atoms with Crippen molar-refractivity contribution in [3.05, 3.63) is 71.9 Å². The molecule has 0 aliphatic heterocycles. The van der Waals surface area contributed by atoms with Gasteiger partial charge in [-0.2, -0.15) is 10.4 Å². The van der Waals surface area contributed by atoms with Crippen molar-refractivity contribution in [2.24, 2.45) is 0 Å². The van der Waals surface area contributed by atoms with Crippen molar-refractivity contribution in [2.45, 2.75) is 12.8 Å². The zero-order chi connectivity index (χ0) is 21.3. The number of ether oxygens (including phenoxy) is 2. The van der Waals surface area contributed by atoms with Crippen LogP contribution >= 0.6 is 0 Å². The van der Waals surface area contributed by atoms with E-state index in [-0.39, 0.29) is 17.8 Å². The molecule has 0 fully saturated rings. The molecule has 2 aromatic carbocycles. The lowest BCUT2D eigenvalue weighted by Crippen LogP contribution is -2.23. The molecule has 0 saturated carbocycles. The second kappa shape index (κ2) is 9.89. The van der Waals surface area contributed by atoms with Gasteiger partial charge in [-0.3, -0.25) is 9.59 Å². The Kier molecular flexibility index (Phi) is 6.79. The Bertz CT molecular complexity index is 1050. The minimum absolute atomic E-state index is 0.144. The van der Waals surface area contributed by atoms with Crippen LogP contribution in [0.3, 0.4) is 0 Å². The number of aryl methyl sites for hydroxylation is 1. The standard InChI is InChI=1S/C22H20N4O4/c1-29-19-10-7-16(8-11-19)9-12-21(28)30-15-20(27)25-22-17(13-23)14-24-26(22)18-5-3-2-4-6-18/h2-8,10-11,14H,9,12,15H2,1H3,(H,25,27). The molecule has 1 aromatic heterocycles. The number of nitrogens with zero attached hydrogens (tertiary/aromatic N) is 3. The Hall–Kier alpha value is -4.12. The highest BCUT2D eigenvalue weighted by Crippen LogP contribution is 2.19. The van der Waals surface area contributed by atoms with Gasteiger partial charge in [-0.25, -0.2) is 4.68 Å². The van der Waals surface area contributed by atoms with Gasteiger partial charge < -0.3 is 14.8 Å². The summed E-state index contributed by atoms with van der Waals surface area (Å²) >= 11 is 0. The van der Waals surface area contributed by atoms with Gasteiger partial charge in [0.1, 0.15) is 17.4 Å². The van der Waals surface area contributed by atoms with Crippen LogP contribution in [0.25, 0.3) is 5.69 Å². The summed E-state index contributed by atoms with van der Waals surface area (Å²) in [5, 5.41) is 16.0. The lowest BCUT2D eigenvalue weighted by molar-refractivity contribution is -0.147. The molecule has 0 aliphatic carbocycles. The molecule has 0 spiro atoms. The number of methoxy groups -OCH3 is 1. The topological polar surface area (TPSA) is 106 Å². The number of esters is 1. The lowest BCUT2D eigenvalue weighted by Gasteiger charge is -2.10. The van der Waals surface area contributed by atoms with Gasteiger partial charge >= 0.3 is 5.97 Å². The van der Waals surface area contributed by atoms with E-state index in [1.54, 1.807) is 19.2 Å². The van der Waals surface area contributed by atoms with Gasteiger partial charge in [0.05, 0.1) is 19.0 Å². The van der Waals surface area contributed by atoms with Crippen molar-refractivity contribution in [1.82, 2.24) is 9.78 Å². The van der Waals surface area contributed by atoms with E-state index in [9.17, 15) is 14.9 Å². The van der Waals surface area contributed by atoms with Gasteiger partial charge in [-0.05, 0) is 36.2 Å². The number of benzene rings is 2. The smallest absolute Gasteiger partial charge is 0.306 e. The Balaban J connectivity index is 1.54. The molecule has 0 atom stereocenters. The maximum absolute atomic E-state index is 12.3.